The minimum Gasteiger partial charge on any atom is -0.356 e. The van der Waals surface area contributed by atoms with E-state index in [1.54, 1.807) is 7.05 Å². The predicted octanol–water partition coefficient (Wildman–Crippen LogP) is 0.193. The van der Waals surface area contributed by atoms with Gasteiger partial charge in [0, 0.05) is 32.7 Å². The highest BCUT2D eigenvalue weighted by Crippen LogP contribution is 2.15. The second-order valence-electron chi connectivity index (χ2n) is 5.32. The van der Waals surface area contributed by atoms with Gasteiger partial charge in [-0.1, -0.05) is 6.92 Å². The minimum atomic E-state index is -3.09. The van der Waals surface area contributed by atoms with Crippen LogP contribution < -0.4 is 15.4 Å². The summed E-state index contributed by atoms with van der Waals surface area (Å²) in [6.45, 7) is 6.50. The first kappa shape index (κ1) is 21.9. The Kier molecular flexibility index (Phi) is 11.3. The Balaban J connectivity index is 0.00000441. The molecule has 9 heteroatoms. The number of hydrogen-bond acceptors (Lipinski definition) is 4. The zero-order valence-electron chi connectivity index (χ0n) is 13.8. The van der Waals surface area contributed by atoms with Gasteiger partial charge in [-0.3, -0.25) is 9.89 Å². The molecule has 0 aromatic heterocycles. The molecule has 22 heavy (non-hydrogen) atoms. The topological polar surface area (TPSA) is 85.8 Å². The second-order valence-corrected chi connectivity index (χ2v) is 7.16. The van der Waals surface area contributed by atoms with Gasteiger partial charge in [-0.05, 0) is 32.4 Å². The van der Waals surface area contributed by atoms with E-state index in [-0.39, 0.29) is 24.0 Å². The fourth-order valence-corrected chi connectivity index (χ4v) is 3.05. The third-order valence-electron chi connectivity index (χ3n) is 3.64. The van der Waals surface area contributed by atoms with Crippen LogP contribution in [0.3, 0.4) is 0 Å². The summed E-state index contributed by atoms with van der Waals surface area (Å²) in [5, 5.41) is 6.54. The molecular formula is C13H30IN5O2S. The molecule has 0 aromatic rings. The van der Waals surface area contributed by atoms with E-state index in [1.165, 1.54) is 25.6 Å². The van der Waals surface area contributed by atoms with E-state index in [4.69, 9.17) is 0 Å². The van der Waals surface area contributed by atoms with Crippen LogP contribution in [-0.2, 0) is 10.0 Å². The Bertz CT molecular complexity index is 430. The molecule has 0 aliphatic carbocycles. The standard InChI is InChI=1S/C13H29N5O2S.HI/c1-4-18-10-5-7-12(18)11-16-13(14-2)15-8-6-9-17-21(3,19)20;/h12,17H,4-11H2,1-3H3,(H2,14,15,16);1H. The molecule has 1 atom stereocenters. The van der Waals surface area contributed by atoms with Gasteiger partial charge in [-0.15, -0.1) is 24.0 Å². The molecule has 1 unspecified atom stereocenters. The fraction of sp³-hybridized carbons (Fsp3) is 0.923. The Morgan fingerprint density at radius 3 is 2.64 bits per heavy atom. The molecule has 0 bridgehead atoms. The number of likely N-dealkylation sites (N-methyl/N-ethyl adjacent to an activating group) is 1. The Hall–Kier alpha value is -0.130. The van der Waals surface area contributed by atoms with Gasteiger partial charge in [0.25, 0.3) is 0 Å². The summed E-state index contributed by atoms with van der Waals surface area (Å²) in [7, 11) is -1.34. The summed E-state index contributed by atoms with van der Waals surface area (Å²) in [4.78, 5) is 6.67. The average Bonchev–Trinajstić information content (AvgIpc) is 2.88. The van der Waals surface area contributed by atoms with E-state index in [9.17, 15) is 8.42 Å². The van der Waals surface area contributed by atoms with Crippen molar-refractivity contribution in [2.45, 2.75) is 32.2 Å². The van der Waals surface area contributed by atoms with Crippen molar-refractivity contribution < 1.29 is 8.42 Å². The minimum absolute atomic E-state index is 0. The number of nitrogens with one attached hydrogen (secondary N) is 3. The van der Waals surface area contributed by atoms with Crippen LogP contribution in [0.2, 0.25) is 0 Å². The van der Waals surface area contributed by atoms with E-state index < -0.39 is 10.0 Å². The lowest BCUT2D eigenvalue weighted by atomic mass is 10.2. The van der Waals surface area contributed by atoms with Gasteiger partial charge in [0.05, 0.1) is 6.26 Å². The van der Waals surface area contributed by atoms with Gasteiger partial charge in [-0.25, -0.2) is 13.1 Å². The number of rotatable bonds is 8. The number of nitrogens with zero attached hydrogens (tertiary/aromatic N) is 2. The first-order chi connectivity index (χ1) is 9.96. The largest absolute Gasteiger partial charge is 0.356 e. The van der Waals surface area contributed by atoms with Gasteiger partial charge in [0.15, 0.2) is 5.96 Å². The van der Waals surface area contributed by atoms with Crippen LogP contribution in [0.25, 0.3) is 0 Å². The van der Waals surface area contributed by atoms with Gasteiger partial charge < -0.3 is 10.6 Å². The van der Waals surface area contributed by atoms with Crippen LogP contribution in [0.1, 0.15) is 26.2 Å². The Labute approximate surface area is 151 Å². The summed E-state index contributed by atoms with van der Waals surface area (Å²) in [5.74, 6) is 0.775. The SMILES string of the molecule is CCN1CCCC1CNC(=NC)NCCCNS(C)(=O)=O.I. The second kappa shape index (κ2) is 11.4. The van der Waals surface area contributed by atoms with Crippen molar-refractivity contribution in [3.05, 3.63) is 0 Å². The summed E-state index contributed by atoms with van der Waals surface area (Å²) in [6.07, 6.45) is 4.39. The molecule has 1 rings (SSSR count). The summed E-state index contributed by atoms with van der Waals surface area (Å²) >= 11 is 0. The highest BCUT2D eigenvalue weighted by atomic mass is 127. The maximum atomic E-state index is 10.9. The van der Waals surface area contributed by atoms with Crippen molar-refractivity contribution in [3.8, 4) is 0 Å². The molecule has 1 saturated heterocycles. The van der Waals surface area contributed by atoms with E-state index in [0.29, 0.717) is 19.1 Å². The monoisotopic (exact) mass is 447 g/mol. The summed E-state index contributed by atoms with van der Waals surface area (Å²) < 4.78 is 24.3. The van der Waals surface area contributed by atoms with E-state index in [0.717, 1.165) is 25.5 Å². The van der Waals surface area contributed by atoms with Crippen LogP contribution in [0.4, 0.5) is 0 Å². The van der Waals surface area contributed by atoms with Gasteiger partial charge in [0.1, 0.15) is 0 Å². The van der Waals surface area contributed by atoms with Crippen LogP contribution in [-0.4, -0.2) is 71.3 Å². The third kappa shape index (κ3) is 9.11. The summed E-state index contributed by atoms with van der Waals surface area (Å²) in [6, 6.07) is 0.584. The number of likely N-dealkylation sites (tertiary alicyclic amines) is 1. The summed E-state index contributed by atoms with van der Waals surface area (Å²) in [5.41, 5.74) is 0. The first-order valence-electron chi connectivity index (χ1n) is 7.59. The molecule has 0 amide bonds. The van der Waals surface area contributed by atoms with Crippen molar-refractivity contribution in [2.75, 3.05) is 46.0 Å². The van der Waals surface area contributed by atoms with Crippen molar-refractivity contribution in [1.29, 1.82) is 0 Å². The quantitative estimate of drug-likeness (QED) is 0.214. The fourth-order valence-electron chi connectivity index (χ4n) is 2.53. The molecule has 1 aliphatic heterocycles. The Morgan fingerprint density at radius 2 is 2.05 bits per heavy atom. The lowest BCUT2D eigenvalue weighted by molar-refractivity contribution is 0.267. The maximum Gasteiger partial charge on any atom is 0.208 e. The van der Waals surface area contributed by atoms with Crippen LogP contribution in [0.5, 0.6) is 0 Å². The number of sulfonamides is 1. The Morgan fingerprint density at radius 1 is 1.32 bits per heavy atom. The lowest BCUT2D eigenvalue weighted by Crippen LogP contribution is -2.45. The van der Waals surface area contributed by atoms with E-state index >= 15 is 0 Å². The average molecular weight is 447 g/mol. The molecule has 1 aliphatic rings. The number of aliphatic imine (C=N–C) groups is 1. The number of hydrogen-bond donors (Lipinski definition) is 3. The zero-order chi connectivity index (χ0) is 15.7. The molecular weight excluding hydrogens is 417 g/mol. The van der Waals surface area contributed by atoms with Gasteiger partial charge in [0.2, 0.25) is 10.0 Å². The van der Waals surface area contributed by atoms with Crippen LogP contribution in [0.15, 0.2) is 4.99 Å². The van der Waals surface area contributed by atoms with Crippen molar-refractivity contribution in [2.24, 2.45) is 4.99 Å². The molecule has 3 N–H and O–H groups in total. The lowest BCUT2D eigenvalue weighted by Gasteiger charge is -2.23. The third-order valence-corrected chi connectivity index (χ3v) is 4.37. The van der Waals surface area contributed by atoms with Gasteiger partial charge >= 0.3 is 0 Å². The molecule has 0 radical (unpaired) electrons. The maximum absolute atomic E-state index is 10.9. The number of halogens is 1. The molecule has 0 spiro atoms. The van der Waals surface area contributed by atoms with Crippen LogP contribution >= 0.6 is 24.0 Å². The molecule has 7 nitrogen and oxygen atoms in total. The predicted molar refractivity (Wildman–Crippen MR) is 103 cm³/mol. The highest BCUT2D eigenvalue weighted by Gasteiger charge is 2.22. The van der Waals surface area contributed by atoms with E-state index in [2.05, 4.69) is 32.2 Å². The molecule has 1 heterocycles. The van der Waals surface area contributed by atoms with Crippen molar-refractivity contribution in [1.82, 2.24) is 20.3 Å². The normalized spacial score (nSPS) is 19.8. The zero-order valence-corrected chi connectivity index (χ0v) is 16.9. The molecule has 0 aromatic carbocycles. The molecule has 132 valence electrons. The van der Waals surface area contributed by atoms with Crippen LogP contribution in [0, 0.1) is 0 Å². The molecule has 0 saturated carbocycles. The van der Waals surface area contributed by atoms with E-state index in [1.807, 2.05) is 0 Å². The first-order valence-corrected chi connectivity index (χ1v) is 9.48. The number of guanidine groups is 1. The van der Waals surface area contributed by atoms with Gasteiger partial charge in [-0.2, -0.15) is 0 Å². The molecule has 1 fully saturated rings. The highest BCUT2D eigenvalue weighted by molar-refractivity contribution is 14.0. The van der Waals surface area contributed by atoms with Crippen molar-refractivity contribution in [3.63, 3.8) is 0 Å². The smallest absolute Gasteiger partial charge is 0.208 e. The van der Waals surface area contributed by atoms with Crippen molar-refractivity contribution >= 4 is 40.0 Å².